The van der Waals surface area contributed by atoms with Crippen molar-refractivity contribution >= 4 is 34.0 Å². The number of ether oxygens (including phenoxy) is 1. The summed E-state index contributed by atoms with van der Waals surface area (Å²) in [6, 6.07) is 5.28. The van der Waals surface area contributed by atoms with Crippen LogP contribution in [0.15, 0.2) is 29.8 Å². The zero-order chi connectivity index (χ0) is 13.0. The van der Waals surface area contributed by atoms with Gasteiger partial charge in [0.2, 0.25) is 5.91 Å². The molecule has 1 N–H and O–H groups in total. The molecule has 0 radical (unpaired) electrons. The van der Waals surface area contributed by atoms with Gasteiger partial charge in [0.15, 0.2) is 5.13 Å². The number of amides is 1. The Bertz CT molecular complexity index is 543. The van der Waals surface area contributed by atoms with Gasteiger partial charge in [-0.15, -0.1) is 11.3 Å². The van der Waals surface area contributed by atoms with E-state index in [0.717, 1.165) is 5.56 Å². The predicted octanol–water partition coefficient (Wildman–Crippen LogP) is 2.99. The van der Waals surface area contributed by atoms with Crippen molar-refractivity contribution in [1.29, 1.82) is 0 Å². The lowest BCUT2D eigenvalue weighted by Gasteiger charge is -2.06. The summed E-state index contributed by atoms with van der Waals surface area (Å²) < 4.78 is 5.05. The lowest BCUT2D eigenvalue weighted by atomic mass is 10.1. The zero-order valence-electron chi connectivity index (χ0n) is 9.64. The number of aromatic nitrogens is 1. The highest BCUT2D eigenvalue weighted by molar-refractivity contribution is 7.13. The molecule has 4 nitrogen and oxygen atoms in total. The van der Waals surface area contributed by atoms with Crippen LogP contribution in [0.3, 0.4) is 0 Å². The number of anilines is 1. The van der Waals surface area contributed by atoms with Gasteiger partial charge in [0.25, 0.3) is 0 Å². The van der Waals surface area contributed by atoms with E-state index in [2.05, 4.69) is 10.3 Å². The van der Waals surface area contributed by atoms with Crippen LogP contribution in [0.25, 0.3) is 0 Å². The molecule has 0 aliphatic rings. The largest absolute Gasteiger partial charge is 0.495 e. The first-order valence-electron chi connectivity index (χ1n) is 5.21. The monoisotopic (exact) mass is 282 g/mol. The third kappa shape index (κ3) is 3.21. The number of carbonyl (C=O) groups is 1. The fraction of sp³-hybridized carbons (Fsp3) is 0.167. The summed E-state index contributed by atoms with van der Waals surface area (Å²) in [6.45, 7) is 0. The van der Waals surface area contributed by atoms with Crippen molar-refractivity contribution in [2.24, 2.45) is 0 Å². The third-order valence-corrected chi connectivity index (χ3v) is 3.24. The maximum Gasteiger partial charge on any atom is 0.230 e. The van der Waals surface area contributed by atoms with Gasteiger partial charge in [-0.2, -0.15) is 0 Å². The molecule has 94 valence electrons. The second-order valence-electron chi connectivity index (χ2n) is 3.53. The molecule has 0 aliphatic carbocycles. The summed E-state index contributed by atoms with van der Waals surface area (Å²) in [5, 5.41) is 5.61. The van der Waals surface area contributed by atoms with E-state index < -0.39 is 0 Å². The predicted molar refractivity (Wildman–Crippen MR) is 72.5 cm³/mol. The van der Waals surface area contributed by atoms with Gasteiger partial charge in [0.05, 0.1) is 18.6 Å². The van der Waals surface area contributed by atoms with Gasteiger partial charge in [-0.1, -0.05) is 17.7 Å². The minimum atomic E-state index is -0.119. The SMILES string of the molecule is COc1ccc(CC(=O)Nc2nccs2)cc1Cl. The molecule has 1 amide bonds. The summed E-state index contributed by atoms with van der Waals surface area (Å²) in [6.07, 6.45) is 1.90. The van der Waals surface area contributed by atoms with Gasteiger partial charge in [-0.25, -0.2) is 4.98 Å². The topological polar surface area (TPSA) is 51.2 Å². The van der Waals surface area contributed by atoms with Crippen molar-refractivity contribution in [3.8, 4) is 5.75 Å². The van der Waals surface area contributed by atoms with Crippen LogP contribution >= 0.6 is 22.9 Å². The van der Waals surface area contributed by atoms with Crippen molar-refractivity contribution in [2.75, 3.05) is 12.4 Å². The van der Waals surface area contributed by atoms with Gasteiger partial charge in [-0.05, 0) is 17.7 Å². The van der Waals surface area contributed by atoms with E-state index in [1.807, 2.05) is 6.07 Å². The van der Waals surface area contributed by atoms with E-state index in [0.29, 0.717) is 15.9 Å². The minimum absolute atomic E-state index is 0.119. The quantitative estimate of drug-likeness (QED) is 0.938. The highest BCUT2D eigenvalue weighted by Gasteiger charge is 2.08. The Morgan fingerprint density at radius 2 is 2.39 bits per heavy atom. The normalized spacial score (nSPS) is 10.1. The van der Waals surface area contributed by atoms with Gasteiger partial charge >= 0.3 is 0 Å². The molecule has 6 heteroatoms. The first kappa shape index (κ1) is 12.9. The van der Waals surface area contributed by atoms with E-state index in [4.69, 9.17) is 16.3 Å². The van der Waals surface area contributed by atoms with Gasteiger partial charge in [-0.3, -0.25) is 4.79 Å². The summed E-state index contributed by atoms with van der Waals surface area (Å²) in [4.78, 5) is 15.7. The van der Waals surface area contributed by atoms with E-state index in [9.17, 15) is 4.79 Å². The Kier molecular flexibility index (Phi) is 4.17. The molecular formula is C12H11ClN2O2S. The van der Waals surface area contributed by atoms with Gasteiger partial charge < -0.3 is 10.1 Å². The Morgan fingerprint density at radius 3 is 3.00 bits per heavy atom. The van der Waals surface area contributed by atoms with Crippen LogP contribution < -0.4 is 10.1 Å². The molecule has 0 spiro atoms. The Morgan fingerprint density at radius 1 is 1.56 bits per heavy atom. The Hall–Kier alpha value is -1.59. The first-order valence-corrected chi connectivity index (χ1v) is 6.46. The average molecular weight is 283 g/mol. The summed E-state index contributed by atoms with van der Waals surface area (Å²) in [5.41, 5.74) is 0.829. The summed E-state index contributed by atoms with van der Waals surface area (Å²) in [5.74, 6) is 0.479. The molecule has 0 unspecified atom stereocenters. The number of hydrogen-bond acceptors (Lipinski definition) is 4. The highest BCUT2D eigenvalue weighted by Crippen LogP contribution is 2.25. The maximum absolute atomic E-state index is 11.7. The summed E-state index contributed by atoms with van der Waals surface area (Å²) >= 11 is 7.37. The smallest absolute Gasteiger partial charge is 0.230 e. The van der Waals surface area contributed by atoms with Gasteiger partial charge in [0, 0.05) is 11.6 Å². The zero-order valence-corrected chi connectivity index (χ0v) is 11.2. The first-order chi connectivity index (χ1) is 8.69. The molecule has 0 saturated heterocycles. The second-order valence-corrected chi connectivity index (χ2v) is 4.83. The molecule has 1 aromatic heterocycles. The standard InChI is InChI=1S/C12H11ClN2O2S/c1-17-10-3-2-8(6-9(10)13)7-11(16)15-12-14-4-5-18-12/h2-6H,7H2,1H3,(H,14,15,16). The van der Waals surface area contributed by atoms with Crippen LogP contribution in [-0.4, -0.2) is 18.0 Å². The number of methoxy groups -OCH3 is 1. The highest BCUT2D eigenvalue weighted by atomic mass is 35.5. The van der Waals surface area contributed by atoms with E-state index >= 15 is 0 Å². The number of nitrogens with zero attached hydrogens (tertiary/aromatic N) is 1. The van der Waals surface area contributed by atoms with Crippen LogP contribution in [-0.2, 0) is 11.2 Å². The van der Waals surface area contributed by atoms with Crippen LogP contribution in [0.1, 0.15) is 5.56 Å². The maximum atomic E-state index is 11.7. The number of carbonyl (C=O) groups excluding carboxylic acids is 1. The fourth-order valence-electron chi connectivity index (χ4n) is 1.45. The number of halogens is 1. The molecule has 0 aliphatic heterocycles. The summed E-state index contributed by atoms with van der Waals surface area (Å²) in [7, 11) is 1.55. The lowest BCUT2D eigenvalue weighted by Crippen LogP contribution is -2.14. The van der Waals surface area contributed by atoms with E-state index in [1.165, 1.54) is 11.3 Å². The van der Waals surface area contributed by atoms with Gasteiger partial charge in [0.1, 0.15) is 5.75 Å². The average Bonchev–Trinajstić information content (AvgIpc) is 2.82. The molecule has 0 atom stereocenters. The van der Waals surface area contributed by atoms with E-state index in [-0.39, 0.29) is 12.3 Å². The van der Waals surface area contributed by atoms with Crippen molar-refractivity contribution in [2.45, 2.75) is 6.42 Å². The molecule has 18 heavy (non-hydrogen) atoms. The molecule has 1 aromatic carbocycles. The molecular weight excluding hydrogens is 272 g/mol. The van der Waals surface area contributed by atoms with Crippen molar-refractivity contribution in [3.63, 3.8) is 0 Å². The number of nitrogens with one attached hydrogen (secondary N) is 1. The Labute approximate surface area is 114 Å². The molecule has 1 heterocycles. The molecule has 2 aromatic rings. The Balaban J connectivity index is 2.01. The van der Waals surface area contributed by atoms with Crippen molar-refractivity contribution in [3.05, 3.63) is 40.4 Å². The lowest BCUT2D eigenvalue weighted by molar-refractivity contribution is -0.115. The van der Waals surface area contributed by atoms with Crippen molar-refractivity contribution < 1.29 is 9.53 Å². The second kappa shape index (κ2) is 5.84. The van der Waals surface area contributed by atoms with Crippen LogP contribution in [0.4, 0.5) is 5.13 Å². The van der Waals surface area contributed by atoms with Crippen molar-refractivity contribution in [1.82, 2.24) is 4.98 Å². The third-order valence-electron chi connectivity index (χ3n) is 2.26. The van der Waals surface area contributed by atoms with Crippen LogP contribution in [0.5, 0.6) is 5.75 Å². The number of benzene rings is 1. The van der Waals surface area contributed by atoms with Crippen LogP contribution in [0.2, 0.25) is 5.02 Å². The molecule has 0 fully saturated rings. The molecule has 0 bridgehead atoms. The van der Waals surface area contributed by atoms with Crippen LogP contribution in [0, 0.1) is 0 Å². The fourth-order valence-corrected chi connectivity index (χ4v) is 2.28. The molecule has 0 saturated carbocycles. The number of rotatable bonds is 4. The number of thiazole rings is 1. The number of hydrogen-bond donors (Lipinski definition) is 1. The molecule has 2 rings (SSSR count). The van der Waals surface area contributed by atoms with E-state index in [1.54, 1.807) is 30.8 Å². The minimum Gasteiger partial charge on any atom is -0.495 e.